The van der Waals surface area contributed by atoms with Gasteiger partial charge in [0.1, 0.15) is 0 Å². The molecule has 0 bridgehead atoms. The van der Waals surface area contributed by atoms with Gasteiger partial charge in [-0.1, -0.05) is 65.7 Å². The molecule has 0 aliphatic carbocycles. The van der Waals surface area contributed by atoms with Crippen LogP contribution in [0.3, 0.4) is 0 Å². The van der Waals surface area contributed by atoms with Gasteiger partial charge < -0.3 is 10.6 Å². The second-order valence-corrected chi connectivity index (χ2v) is 6.53. The summed E-state index contributed by atoms with van der Waals surface area (Å²) in [7, 11) is 0. The fourth-order valence-electron chi connectivity index (χ4n) is 2.59. The Bertz CT molecular complexity index is 440. The first-order valence-electron chi connectivity index (χ1n) is 8.60. The van der Waals surface area contributed by atoms with Gasteiger partial charge in [-0.05, 0) is 29.4 Å². The van der Waals surface area contributed by atoms with Crippen molar-refractivity contribution in [3.05, 3.63) is 29.3 Å². The third-order valence-corrected chi connectivity index (χ3v) is 3.90. The largest absolute Gasteiger partial charge is 0.376 e. The molecule has 2 N–H and O–H groups in total. The van der Waals surface area contributed by atoms with Crippen molar-refractivity contribution in [3.63, 3.8) is 0 Å². The van der Waals surface area contributed by atoms with Crippen molar-refractivity contribution >= 4 is 11.6 Å². The molecule has 124 valence electrons. The molecule has 22 heavy (non-hydrogen) atoms. The first-order chi connectivity index (χ1) is 10.5. The predicted octanol–water partition coefficient (Wildman–Crippen LogP) is 4.65. The van der Waals surface area contributed by atoms with Crippen LogP contribution in [0.4, 0.5) is 5.69 Å². The molecule has 0 fully saturated rings. The summed E-state index contributed by atoms with van der Waals surface area (Å²) < 4.78 is 0. The summed E-state index contributed by atoms with van der Waals surface area (Å²) >= 11 is 0. The zero-order chi connectivity index (χ0) is 16.5. The van der Waals surface area contributed by atoms with Crippen LogP contribution in [-0.2, 0) is 4.79 Å². The lowest BCUT2D eigenvalue weighted by atomic mass is 9.92. The van der Waals surface area contributed by atoms with Crippen molar-refractivity contribution in [3.8, 4) is 0 Å². The van der Waals surface area contributed by atoms with E-state index in [1.165, 1.54) is 24.0 Å². The molecule has 0 aliphatic rings. The maximum absolute atomic E-state index is 12.0. The number of carbonyl (C=O) groups excluding carboxylic acids is 1. The molecule has 3 nitrogen and oxygen atoms in total. The highest BCUT2D eigenvalue weighted by molar-refractivity contribution is 5.81. The maximum atomic E-state index is 12.0. The second kappa shape index (κ2) is 9.50. The smallest absolute Gasteiger partial charge is 0.239 e. The van der Waals surface area contributed by atoms with Gasteiger partial charge in [-0.3, -0.25) is 4.79 Å². The van der Waals surface area contributed by atoms with Gasteiger partial charge in [-0.2, -0.15) is 0 Å². The molecule has 0 radical (unpaired) electrons. The van der Waals surface area contributed by atoms with Crippen LogP contribution in [0.5, 0.6) is 0 Å². The first-order valence-corrected chi connectivity index (χ1v) is 8.60. The molecule has 0 aliphatic heterocycles. The van der Waals surface area contributed by atoms with Gasteiger partial charge in [0, 0.05) is 12.2 Å². The van der Waals surface area contributed by atoms with E-state index in [-0.39, 0.29) is 5.91 Å². The van der Waals surface area contributed by atoms with Crippen molar-refractivity contribution in [2.45, 2.75) is 65.7 Å². The Morgan fingerprint density at radius 3 is 2.14 bits per heavy atom. The average Bonchev–Trinajstić information content (AvgIpc) is 2.48. The van der Waals surface area contributed by atoms with E-state index in [1.54, 1.807) is 0 Å². The monoisotopic (exact) mass is 304 g/mol. The van der Waals surface area contributed by atoms with E-state index < -0.39 is 0 Å². The van der Waals surface area contributed by atoms with E-state index in [1.807, 2.05) is 0 Å². The molecule has 3 heteroatoms. The van der Waals surface area contributed by atoms with E-state index in [0.29, 0.717) is 18.4 Å². The van der Waals surface area contributed by atoms with Crippen molar-refractivity contribution < 1.29 is 4.79 Å². The summed E-state index contributed by atoms with van der Waals surface area (Å²) in [5, 5.41) is 6.36. The molecular weight excluding hydrogens is 272 g/mol. The van der Waals surface area contributed by atoms with Gasteiger partial charge in [0.2, 0.25) is 5.91 Å². The lowest BCUT2D eigenvalue weighted by Gasteiger charge is -2.20. The SMILES string of the molecule is CCCCCNC(=O)CNc1c(C(C)C)cccc1C(C)C. The Labute approximate surface area is 135 Å². The summed E-state index contributed by atoms with van der Waals surface area (Å²) in [6.07, 6.45) is 3.40. The Morgan fingerprint density at radius 1 is 1.05 bits per heavy atom. The Kier molecular flexibility index (Phi) is 8.00. The molecule has 0 aromatic heterocycles. The Hall–Kier alpha value is -1.51. The van der Waals surface area contributed by atoms with Crippen molar-refractivity contribution in [1.82, 2.24) is 5.32 Å². The van der Waals surface area contributed by atoms with Gasteiger partial charge in [0.15, 0.2) is 0 Å². The molecule has 1 aromatic rings. The highest BCUT2D eigenvalue weighted by Crippen LogP contribution is 2.32. The molecule has 0 atom stereocenters. The van der Waals surface area contributed by atoms with Gasteiger partial charge in [0.05, 0.1) is 6.54 Å². The molecule has 0 unspecified atom stereocenters. The van der Waals surface area contributed by atoms with Crippen LogP contribution < -0.4 is 10.6 Å². The van der Waals surface area contributed by atoms with Gasteiger partial charge in [-0.15, -0.1) is 0 Å². The number of unbranched alkanes of at least 4 members (excludes halogenated alkanes) is 2. The Morgan fingerprint density at radius 2 is 1.64 bits per heavy atom. The van der Waals surface area contributed by atoms with Crippen LogP contribution in [-0.4, -0.2) is 19.0 Å². The number of anilines is 1. The Balaban J connectivity index is 2.69. The number of carbonyl (C=O) groups is 1. The molecule has 0 saturated carbocycles. The third-order valence-electron chi connectivity index (χ3n) is 3.90. The maximum Gasteiger partial charge on any atom is 0.239 e. The quantitative estimate of drug-likeness (QED) is 0.652. The highest BCUT2D eigenvalue weighted by atomic mass is 16.1. The van der Waals surface area contributed by atoms with E-state index in [4.69, 9.17) is 0 Å². The molecule has 0 spiro atoms. The lowest BCUT2D eigenvalue weighted by molar-refractivity contribution is -0.119. The molecule has 1 rings (SSSR count). The molecule has 0 heterocycles. The van der Waals surface area contributed by atoms with Crippen LogP contribution in [0, 0.1) is 0 Å². The summed E-state index contributed by atoms with van der Waals surface area (Å²) in [6.45, 7) is 12.0. The standard InChI is InChI=1S/C19H32N2O/c1-6-7-8-12-20-18(22)13-21-19-16(14(2)3)10-9-11-17(19)15(4)5/h9-11,14-15,21H,6-8,12-13H2,1-5H3,(H,20,22). The number of hydrogen-bond acceptors (Lipinski definition) is 2. The van der Waals surface area contributed by atoms with E-state index in [9.17, 15) is 4.79 Å². The van der Waals surface area contributed by atoms with E-state index in [0.717, 1.165) is 18.7 Å². The number of benzene rings is 1. The highest BCUT2D eigenvalue weighted by Gasteiger charge is 2.14. The minimum atomic E-state index is 0.0735. The molecular formula is C19H32N2O. The van der Waals surface area contributed by atoms with Crippen LogP contribution >= 0.6 is 0 Å². The van der Waals surface area contributed by atoms with Crippen LogP contribution in [0.25, 0.3) is 0 Å². The fourth-order valence-corrected chi connectivity index (χ4v) is 2.59. The van der Waals surface area contributed by atoms with E-state index in [2.05, 4.69) is 63.5 Å². The third kappa shape index (κ3) is 5.70. The van der Waals surface area contributed by atoms with Crippen LogP contribution in [0.1, 0.15) is 76.8 Å². The number of para-hydroxylation sites is 1. The zero-order valence-corrected chi connectivity index (χ0v) is 14.8. The average molecular weight is 304 g/mol. The van der Waals surface area contributed by atoms with Gasteiger partial charge >= 0.3 is 0 Å². The summed E-state index contributed by atoms with van der Waals surface area (Å²) in [4.78, 5) is 12.0. The predicted molar refractivity (Wildman–Crippen MR) is 95.6 cm³/mol. The van der Waals surface area contributed by atoms with Gasteiger partial charge in [-0.25, -0.2) is 0 Å². The van der Waals surface area contributed by atoms with Gasteiger partial charge in [0.25, 0.3) is 0 Å². The summed E-state index contributed by atoms with van der Waals surface area (Å²) in [5.41, 5.74) is 3.70. The molecule has 1 amide bonds. The summed E-state index contributed by atoms with van der Waals surface area (Å²) in [5.74, 6) is 0.951. The lowest BCUT2D eigenvalue weighted by Crippen LogP contribution is -2.31. The van der Waals surface area contributed by atoms with Crippen LogP contribution in [0.15, 0.2) is 18.2 Å². The van der Waals surface area contributed by atoms with Crippen molar-refractivity contribution in [2.24, 2.45) is 0 Å². The van der Waals surface area contributed by atoms with Crippen molar-refractivity contribution in [1.29, 1.82) is 0 Å². The first kappa shape index (κ1) is 18.5. The minimum absolute atomic E-state index is 0.0735. The van der Waals surface area contributed by atoms with E-state index >= 15 is 0 Å². The fraction of sp³-hybridized carbons (Fsp3) is 0.632. The topological polar surface area (TPSA) is 41.1 Å². The summed E-state index contributed by atoms with van der Waals surface area (Å²) in [6, 6.07) is 6.41. The molecule has 1 aromatic carbocycles. The number of nitrogens with one attached hydrogen (secondary N) is 2. The number of hydrogen-bond donors (Lipinski definition) is 2. The normalized spacial score (nSPS) is 11.0. The van der Waals surface area contributed by atoms with Crippen LogP contribution in [0.2, 0.25) is 0 Å². The number of rotatable bonds is 9. The minimum Gasteiger partial charge on any atom is -0.376 e. The number of amides is 1. The second-order valence-electron chi connectivity index (χ2n) is 6.53. The van der Waals surface area contributed by atoms with Crippen molar-refractivity contribution in [2.75, 3.05) is 18.4 Å². The molecule has 0 saturated heterocycles. The zero-order valence-electron chi connectivity index (χ0n) is 14.8.